The average molecular weight is 235 g/mol. The van der Waals surface area contributed by atoms with Gasteiger partial charge in [-0.3, -0.25) is 0 Å². The van der Waals surface area contributed by atoms with Crippen LogP contribution in [0.1, 0.15) is 13.3 Å². The third-order valence-electron chi connectivity index (χ3n) is 1.60. The summed E-state index contributed by atoms with van der Waals surface area (Å²) in [5, 5.41) is -0.00586. The molecule has 0 saturated heterocycles. The summed E-state index contributed by atoms with van der Waals surface area (Å²) >= 11 is 5.73. The largest absolute Gasteiger partial charge is 0.397 e. The van der Waals surface area contributed by atoms with Gasteiger partial charge in [-0.1, -0.05) is 18.5 Å². The van der Waals surface area contributed by atoms with Gasteiger partial charge in [0.1, 0.15) is 0 Å². The summed E-state index contributed by atoms with van der Waals surface area (Å²) in [5.74, 6) is 0.0453. The summed E-state index contributed by atoms with van der Waals surface area (Å²) in [5.41, 5.74) is 5.76. The number of nitrogens with two attached hydrogens (primary N) is 1. The van der Waals surface area contributed by atoms with Gasteiger partial charge in [-0.2, -0.15) is 0 Å². The monoisotopic (exact) mass is 234 g/mol. The smallest absolute Gasteiger partial charge is 0.197 e. The maximum Gasteiger partial charge on any atom is 0.197 e. The van der Waals surface area contributed by atoms with E-state index in [1.54, 1.807) is 6.92 Å². The Morgan fingerprint density at radius 2 is 2.21 bits per heavy atom. The maximum absolute atomic E-state index is 11.6. The molecule has 0 aromatic carbocycles. The van der Waals surface area contributed by atoms with E-state index in [1.165, 1.54) is 12.3 Å². The van der Waals surface area contributed by atoms with E-state index in [9.17, 15) is 8.42 Å². The second-order valence-corrected chi connectivity index (χ2v) is 5.31. The fourth-order valence-electron chi connectivity index (χ4n) is 1.03. The number of hydrogen-bond acceptors (Lipinski definition) is 4. The van der Waals surface area contributed by atoms with E-state index in [0.717, 1.165) is 0 Å². The van der Waals surface area contributed by atoms with Gasteiger partial charge in [-0.05, 0) is 12.5 Å². The molecule has 0 aliphatic rings. The minimum atomic E-state index is -3.36. The highest BCUT2D eigenvalue weighted by molar-refractivity contribution is 7.91. The molecule has 14 heavy (non-hydrogen) atoms. The molecule has 0 unspecified atom stereocenters. The van der Waals surface area contributed by atoms with Gasteiger partial charge >= 0.3 is 0 Å². The number of halogens is 1. The van der Waals surface area contributed by atoms with Crippen LogP contribution in [0.5, 0.6) is 0 Å². The number of pyridine rings is 1. The molecular formula is C8H11ClN2O2S. The average Bonchev–Trinajstić information content (AvgIpc) is 2.02. The normalized spacial score (nSPS) is 11.6. The molecule has 2 N–H and O–H groups in total. The fraction of sp³-hybridized carbons (Fsp3) is 0.375. The summed E-state index contributed by atoms with van der Waals surface area (Å²) < 4.78 is 23.2. The van der Waals surface area contributed by atoms with Crippen LogP contribution >= 0.6 is 11.6 Å². The summed E-state index contributed by atoms with van der Waals surface area (Å²) in [6, 6.07) is 1.39. The number of anilines is 1. The molecule has 0 bridgehead atoms. The summed E-state index contributed by atoms with van der Waals surface area (Å²) in [6.07, 6.45) is 1.82. The molecule has 1 heterocycles. The topological polar surface area (TPSA) is 73.0 Å². The molecule has 4 nitrogen and oxygen atoms in total. The van der Waals surface area contributed by atoms with Gasteiger partial charge in [0.15, 0.2) is 14.9 Å². The highest BCUT2D eigenvalue weighted by atomic mass is 35.5. The van der Waals surface area contributed by atoms with Crippen molar-refractivity contribution < 1.29 is 8.42 Å². The van der Waals surface area contributed by atoms with Crippen molar-refractivity contribution in [3.63, 3.8) is 0 Å². The molecule has 0 spiro atoms. The van der Waals surface area contributed by atoms with Crippen molar-refractivity contribution in [2.75, 3.05) is 11.5 Å². The molecule has 0 aliphatic heterocycles. The maximum atomic E-state index is 11.6. The number of aromatic nitrogens is 1. The van der Waals surface area contributed by atoms with Crippen LogP contribution in [0.25, 0.3) is 0 Å². The van der Waals surface area contributed by atoms with Crippen LogP contribution in [0.15, 0.2) is 17.3 Å². The Labute approximate surface area is 88.0 Å². The van der Waals surface area contributed by atoms with Crippen molar-refractivity contribution in [3.8, 4) is 0 Å². The Morgan fingerprint density at radius 1 is 1.57 bits per heavy atom. The van der Waals surface area contributed by atoms with Crippen molar-refractivity contribution in [1.82, 2.24) is 4.98 Å². The number of sulfone groups is 1. The molecule has 0 saturated carbocycles. The lowest BCUT2D eigenvalue weighted by Gasteiger charge is -2.04. The van der Waals surface area contributed by atoms with Crippen LogP contribution in [0.2, 0.25) is 5.02 Å². The van der Waals surface area contributed by atoms with E-state index in [2.05, 4.69) is 4.98 Å². The molecule has 6 heteroatoms. The van der Waals surface area contributed by atoms with Crippen molar-refractivity contribution in [2.45, 2.75) is 18.4 Å². The van der Waals surface area contributed by atoms with Crippen molar-refractivity contribution in [3.05, 3.63) is 17.3 Å². The van der Waals surface area contributed by atoms with Crippen LogP contribution in [0.3, 0.4) is 0 Å². The predicted molar refractivity (Wildman–Crippen MR) is 56.0 cm³/mol. The van der Waals surface area contributed by atoms with Crippen LogP contribution in [-0.2, 0) is 9.84 Å². The Kier molecular flexibility index (Phi) is 3.34. The summed E-state index contributed by atoms with van der Waals surface area (Å²) in [6.45, 7) is 1.78. The van der Waals surface area contributed by atoms with E-state index in [4.69, 9.17) is 17.3 Å². The van der Waals surface area contributed by atoms with Gasteiger partial charge in [-0.15, -0.1) is 0 Å². The molecule has 1 aromatic heterocycles. The zero-order chi connectivity index (χ0) is 10.8. The van der Waals surface area contributed by atoms with Crippen LogP contribution in [0, 0.1) is 0 Å². The van der Waals surface area contributed by atoms with Crippen LogP contribution in [-0.4, -0.2) is 19.2 Å². The lowest BCUT2D eigenvalue weighted by molar-refractivity contribution is 0.591. The molecule has 0 aliphatic carbocycles. The second-order valence-electron chi connectivity index (χ2n) is 2.87. The van der Waals surface area contributed by atoms with E-state index in [0.29, 0.717) is 12.1 Å². The first-order chi connectivity index (χ1) is 6.47. The van der Waals surface area contributed by atoms with Crippen molar-refractivity contribution >= 4 is 27.1 Å². The Hall–Kier alpha value is -0.810. The van der Waals surface area contributed by atoms with Crippen molar-refractivity contribution in [2.24, 2.45) is 0 Å². The fourth-order valence-corrected chi connectivity index (χ4v) is 2.86. The van der Waals surface area contributed by atoms with Crippen LogP contribution < -0.4 is 5.73 Å². The Bertz CT molecular complexity index is 431. The molecule has 1 aromatic rings. The lowest BCUT2D eigenvalue weighted by Crippen LogP contribution is -2.09. The van der Waals surface area contributed by atoms with E-state index in [-0.39, 0.29) is 15.8 Å². The van der Waals surface area contributed by atoms with Gasteiger partial charge in [0.05, 0.1) is 22.7 Å². The Balaban J connectivity index is 3.20. The molecule has 0 radical (unpaired) electrons. The highest BCUT2D eigenvalue weighted by Crippen LogP contribution is 2.22. The first-order valence-corrected chi connectivity index (χ1v) is 6.14. The molecule has 0 atom stereocenters. The second kappa shape index (κ2) is 4.14. The third kappa shape index (κ3) is 2.36. The SMILES string of the molecule is CCCS(=O)(=O)c1ncc(N)cc1Cl. The van der Waals surface area contributed by atoms with Gasteiger partial charge < -0.3 is 5.73 Å². The molecule has 0 amide bonds. The van der Waals surface area contributed by atoms with E-state index >= 15 is 0 Å². The lowest BCUT2D eigenvalue weighted by atomic mass is 10.4. The van der Waals surface area contributed by atoms with Gasteiger partial charge in [0, 0.05) is 0 Å². The minimum absolute atomic E-state index is 0.0453. The zero-order valence-electron chi connectivity index (χ0n) is 7.70. The number of nitrogen functional groups attached to an aromatic ring is 1. The van der Waals surface area contributed by atoms with Gasteiger partial charge in [0.2, 0.25) is 0 Å². The molecule has 78 valence electrons. The quantitative estimate of drug-likeness (QED) is 0.860. The van der Waals surface area contributed by atoms with Crippen molar-refractivity contribution in [1.29, 1.82) is 0 Å². The van der Waals surface area contributed by atoms with Gasteiger partial charge in [0.25, 0.3) is 0 Å². The van der Waals surface area contributed by atoms with E-state index in [1.807, 2.05) is 0 Å². The highest BCUT2D eigenvalue weighted by Gasteiger charge is 2.18. The summed E-state index contributed by atoms with van der Waals surface area (Å²) in [7, 11) is -3.36. The molecule has 1 rings (SSSR count). The number of hydrogen-bond donors (Lipinski definition) is 1. The standard InChI is InChI=1S/C8H11ClN2O2S/c1-2-3-14(12,13)8-7(9)4-6(10)5-11-8/h4-5H,2-3,10H2,1H3. The third-order valence-corrected chi connectivity index (χ3v) is 3.86. The number of rotatable bonds is 3. The summed E-state index contributed by atoms with van der Waals surface area (Å²) in [4.78, 5) is 3.72. The Morgan fingerprint density at radius 3 is 2.71 bits per heavy atom. The minimum Gasteiger partial charge on any atom is -0.397 e. The first-order valence-electron chi connectivity index (χ1n) is 4.11. The molecule has 0 fully saturated rings. The molecular weight excluding hydrogens is 224 g/mol. The number of nitrogens with zero attached hydrogens (tertiary/aromatic N) is 1. The van der Waals surface area contributed by atoms with Crippen LogP contribution in [0.4, 0.5) is 5.69 Å². The predicted octanol–water partition coefficient (Wildman–Crippen LogP) is 1.50. The first kappa shape index (κ1) is 11.3. The zero-order valence-corrected chi connectivity index (χ0v) is 9.27. The van der Waals surface area contributed by atoms with Gasteiger partial charge in [-0.25, -0.2) is 13.4 Å². The van der Waals surface area contributed by atoms with E-state index < -0.39 is 9.84 Å².